The topological polar surface area (TPSA) is 48.3 Å². The Morgan fingerprint density at radius 2 is 2.07 bits per heavy atom. The second-order valence-corrected chi connectivity index (χ2v) is 6.23. The Kier molecular flexibility index (Phi) is 3.88. The Labute approximate surface area is 94.0 Å². The molecule has 1 heterocycles. The molecule has 0 saturated carbocycles. The highest BCUT2D eigenvalue weighted by Gasteiger charge is 2.25. The smallest absolute Gasteiger partial charge is 0.144 e. The summed E-state index contributed by atoms with van der Waals surface area (Å²) in [5.74, 6) is 0. The van der Waals surface area contributed by atoms with Gasteiger partial charge >= 0.3 is 0 Å². The van der Waals surface area contributed by atoms with Gasteiger partial charge in [-0.2, -0.15) is 0 Å². The maximum absolute atomic E-state index is 11.6. The van der Waals surface area contributed by atoms with E-state index in [4.69, 9.17) is 0 Å². The summed E-state index contributed by atoms with van der Waals surface area (Å²) in [6.07, 6.45) is 1.56. The van der Waals surface area contributed by atoms with Crippen LogP contribution in [0.25, 0.3) is 0 Å². The largest absolute Gasteiger partial charge is 0.591 e. The van der Waals surface area contributed by atoms with Gasteiger partial charge in [-0.25, -0.2) is 0 Å². The summed E-state index contributed by atoms with van der Waals surface area (Å²) in [4.78, 5) is 4.24. The molecule has 0 radical (unpaired) electrons. The average Bonchev–Trinajstić information content (AvgIpc) is 2.12. The lowest BCUT2D eigenvalue weighted by Crippen LogP contribution is -2.25. The first kappa shape index (κ1) is 12.2. The van der Waals surface area contributed by atoms with E-state index in [0.717, 1.165) is 11.4 Å². The van der Waals surface area contributed by atoms with Crippen molar-refractivity contribution in [3.05, 3.63) is 29.6 Å². The van der Waals surface area contributed by atoms with Gasteiger partial charge < -0.3 is 4.55 Å². The number of nitrogens with zero attached hydrogens (tertiary/aromatic N) is 2. The zero-order chi connectivity index (χ0) is 11.5. The van der Waals surface area contributed by atoms with E-state index in [1.807, 2.05) is 45.9 Å². The van der Waals surface area contributed by atoms with Crippen LogP contribution in [0, 0.1) is 6.92 Å². The van der Waals surface area contributed by atoms with Gasteiger partial charge in [-0.15, -0.1) is 0 Å². The molecule has 1 rings (SSSR count). The Bertz CT molecular complexity index is 358. The molecule has 0 aliphatic rings. The third-order valence-corrected chi connectivity index (χ3v) is 3.06. The SMILES string of the molecule is Cc1cccc(C=N[S+]([O-])C(C)(C)C)n1. The van der Waals surface area contributed by atoms with E-state index in [2.05, 4.69) is 9.38 Å². The van der Waals surface area contributed by atoms with Gasteiger partial charge in [-0.3, -0.25) is 4.98 Å². The predicted octanol–water partition coefficient (Wildman–Crippen LogP) is 2.27. The predicted molar refractivity (Wildman–Crippen MR) is 64.5 cm³/mol. The highest BCUT2D eigenvalue weighted by Crippen LogP contribution is 2.16. The fourth-order valence-electron chi connectivity index (χ4n) is 0.896. The van der Waals surface area contributed by atoms with Gasteiger partial charge in [-0.05, 0) is 39.8 Å². The molecule has 0 N–H and O–H groups in total. The third kappa shape index (κ3) is 4.01. The molecule has 0 bridgehead atoms. The van der Waals surface area contributed by atoms with Crippen molar-refractivity contribution in [1.29, 1.82) is 0 Å². The number of aromatic nitrogens is 1. The molecule has 0 aromatic carbocycles. The molecule has 3 nitrogen and oxygen atoms in total. The van der Waals surface area contributed by atoms with Crippen molar-refractivity contribution in [3.8, 4) is 0 Å². The number of pyridine rings is 1. The van der Waals surface area contributed by atoms with Gasteiger partial charge in [-0.1, -0.05) is 10.5 Å². The maximum atomic E-state index is 11.6. The van der Waals surface area contributed by atoms with Crippen molar-refractivity contribution in [1.82, 2.24) is 4.98 Å². The van der Waals surface area contributed by atoms with Crippen LogP contribution in [0.15, 0.2) is 22.6 Å². The minimum Gasteiger partial charge on any atom is -0.591 e. The highest BCUT2D eigenvalue weighted by atomic mass is 32.2. The lowest BCUT2D eigenvalue weighted by molar-refractivity contribution is 0.562. The Morgan fingerprint density at radius 3 is 2.60 bits per heavy atom. The molecule has 0 aliphatic heterocycles. The standard InChI is InChI=1S/C11H16N2OS/c1-9-6-5-7-10(13-9)8-12-15(14)11(2,3)4/h5-8H,1-4H3. The lowest BCUT2D eigenvalue weighted by Gasteiger charge is -2.17. The molecule has 0 aliphatic carbocycles. The summed E-state index contributed by atoms with van der Waals surface area (Å²) in [5.41, 5.74) is 1.67. The van der Waals surface area contributed by atoms with Crippen LogP contribution in [-0.2, 0) is 11.4 Å². The number of aryl methyl sites for hydroxylation is 1. The summed E-state index contributed by atoms with van der Waals surface area (Å²) in [6.45, 7) is 7.59. The van der Waals surface area contributed by atoms with Gasteiger partial charge in [0, 0.05) is 5.69 Å². The first-order valence-electron chi connectivity index (χ1n) is 4.79. The average molecular weight is 224 g/mol. The van der Waals surface area contributed by atoms with Crippen molar-refractivity contribution in [2.75, 3.05) is 0 Å². The first-order valence-corrected chi connectivity index (χ1v) is 5.90. The van der Waals surface area contributed by atoms with E-state index in [1.165, 1.54) is 0 Å². The summed E-state index contributed by atoms with van der Waals surface area (Å²) in [7, 11) is 0. The molecule has 4 heteroatoms. The Morgan fingerprint density at radius 1 is 1.40 bits per heavy atom. The molecule has 0 spiro atoms. The normalized spacial score (nSPS) is 14.5. The maximum Gasteiger partial charge on any atom is 0.144 e. The molecular weight excluding hydrogens is 208 g/mol. The molecule has 1 aromatic rings. The zero-order valence-corrected chi connectivity index (χ0v) is 10.3. The minimum atomic E-state index is -1.21. The monoisotopic (exact) mass is 224 g/mol. The molecule has 15 heavy (non-hydrogen) atoms. The third-order valence-electron chi connectivity index (χ3n) is 1.71. The van der Waals surface area contributed by atoms with E-state index in [0.29, 0.717) is 0 Å². The van der Waals surface area contributed by atoms with Crippen LogP contribution < -0.4 is 0 Å². The van der Waals surface area contributed by atoms with Crippen molar-refractivity contribution in [2.45, 2.75) is 32.4 Å². The lowest BCUT2D eigenvalue weighted by atomic mass is 10.3. The number of rotatable bonds is 2. The molecule has 0 amide bonds. The van der Waals surface area contributed by atoms with E-state index in [9.17, 15) is 4.55 Å². The molecule has 1 atom stereocenters. The van der Waals surface area contributed by atoms with Crippen LogP contribution >= 0.6 is 0 Å². The molecule has 0 fully saturated rings. The van der Waals surface area contributed by atoms with Crippen molar-refractivity contribution < 1.29 is 4.55 Å². The molecule has 82 valence electrons. The molecular formula is C11H16N2OS. The summed E-state index contributed by atoms with van der Waals surface area (Å²) in [6, 6.07) is 5.66. The van der Waals surface area contributed by atoms with Gasteiger partial charge in [0.05, 0.1) is 5.69 Å². The second-order valence-electron chi connectivity index (χ2n) is 4.30. The van der Waals surface area contributed by atoms with Crippen LogP contribution in [-0.4, -0.2) is 20.5 Å². The van der Waals surface area contributed by atoms with E-state index in [1.54, 1.807) is 6.21 Å². The molecule has 1 aromatic heterocycles. The number of hydrogen-bond donors (Lipinski definition) is 0. The van der Waals surface area contributed by atoms with Crippen LogP contribution in [0.1, 0.15) is 32.2 Å². The Balaban J connectivity index is 2.74. The minimum absolute atomic E-state index is 0.319. The van der Waals surface area contributed by atoms with Crippen LogP contribution in [0.5, 0.6) is 0 Å². The summed E-state index contributed by atoms with van der Waals surface area (Å²) in [5, 5.41) is 0. The Hall–Kier alpha value is -0.870. The second kappa shape index (κ2) is 4.77. The zero-order valence-electron chi connectivity index (χ0n) is 9.52. The van der Waals surface area contributed by atoms with Gasteiger partial charge in [0.2, 0.25) is 0 Å². The molecule has 0 saturated heterocycles. The van der Waals surface area contributed by atoms with E-state index >= 15 is 0 Å². The summed E-state index contributed by atoms with van der Waals surface area (Å²) >= 11 is -1.21. The van der Waals surface area contributed by atoms with E-state index in [-0.39, 0.29) is 4.75 Å². The highest BCUT2D eigenvalue weighted by molar-refractivity contribution is 7.91. The summed E-state index contributed by atoms with van der Waals surface area (Å²) < 4.78 is 15.3. The van der Waals surface area contributed by atoms with Crippen LogP contribution in [0.2, 0.25) is 0 Å². The fourth-order valence-corrected chi connectivity index (χ4v) is 1.42. The number of hydrogen-bond acceptors (Lipinski definition) is 3. The fraction of sp³-hybridized carbons (Fsp3) is 0.455. The van der Waals surface area contributed by atoms with Gasteiger partial charge in [0.25, 0.3) is 0 Å². The van der Waals surface area contributed by atoms with Crippen molar-refractivity contribution in [3.63, 3.8) is 0 Å². The first-order chi connectivity index (χ1) is 6.89. The molecule has 1 unspecified atom stereocenters. The van der Waals surface area contributed by atoms with Crippen molar-refractivity contribution >= 4 is 17.6 Å². The van der Waals surface area contributed by atoms with Crippen LogP contribution in [0.3, 0.4) is 0 Å². The van der Waals surface area contributed by atoms with E-state index < -0.39 is 11.4 Å². The van der Waals surface area contributed by atoms with Crippen LogP contribution in [0.4, 0.5) is 0 Å². The van der Waals surface area contributed by atoms with Crippen molar-refractivity contribution in [2.24, 2.45) is 4.40 Å². The van der Waals surface area contributed by atoms with Gasteiger partial charge in [0.15, 0.2) is 0 Å². The quantitative estimate of drug-likeness (QED) is 0.571. The van der Waals surface area contributed by atoms with Gasteiger partial charge in [0.1, 0.15) is 22.3 Å².